The number of aromatic nitrogens is 1. The fourth-order valence-electron chi connectivity index (χ4n) is 3.88. The molecule has 0 aliphatic carbocycles. The summed E-state index contributed by atoms with van der Waals surface area (Å²) in [6.45, 7) is 9.01. The number of aliphatic hydroxyl groups excluding tert-OH is 1. The van der Waals surface area contributed by atoms with Gasteiger partial charge in [0, 0.05) is 33.1 Å². The van der Waals surface area contributed by atoms with Crippen LogP contribution < -0.4 is 10.3 Å². The minimum atomic E-state index is -0.988. The molecule has 0 amide bonds. The number of hydroxylamine groups is 1. The van der Waals surface area contributed by atoms with Crippen molar-refractivity contribution in [3.8, 4) is 5.75 Å². The molecule has 4 rings (SSSR count). The highest BCUT2D eigenvalue weighted by Gasteiger charge is 2.22. The Kier molecular flexibility index (Phi) is 6.30. The first-order chi connectivity index (χ1) is 15.4. The second kappa shape index (κ2) is 9.14. The fourth-order valence-corrected chi connectivity index (χ4v) is 4.57. The molecule has 0 aliphatic rings. The Labute approximate surface area is 189 Å². The van der Waals surface area contributed by atoms with Crippen LogP contribution in [0.4, 0.5) is 8.78 Å². The van der Waals surface area contributed by atoms with Gasteiger partial charge in [0.1, 0.15) is 0 Å². The lowest BCUT2D eigenvalue weighted by molar-refractivity contribution is 0.251. The van der Waals surface area contributed by atoms with Gasteiger partial charge in [-0.15, -0.1) is 11.3 Å². The SMILES string of the molecule is C=C(NOc1ccc(F)c(F)c1)c1c(C(C)C)n(Cc2cccs2)c2ccc(CO)cc12. The Balaban J connectivity index is 1.77. The number of halogens is 2. The van der Waals surface area contributed by atoms with E-state index in [-0.39, 0.29) is 18.3 Å². The highest BCUT2D eigenvalue weighted by Crippen LogP contribution is 2.36. The van der Waals surface area contributed by atoms with Gasteiger partial charge in [-0.2, -0.15) is 0 Å². The van der Waals surface area contributed by atoms with Crippen molar-refractivity contribution < 1.29 is 18.7 Å². The minimum Gasteiger partial charge on any atom is -0.392 e. The molecule has 0 unspecified atom stereocenters. The molecular weight excluding hydrogens is 430 g/mol. The standard InChI is InChI=1S/C25H24F2N2O2S/c1-15(2)25-24(16(3)28-31-18-7-8-21(26)22(27)12-18)20-11-17(14-30)6-9-23(20)29(25)13-19-5-4-10-32-19/h4-12,15,28,30H,3,13-14H2,1-2H3. The van der Waals surface area contributed by atoms with Gasteiger partial charge in [-0.25, -0.2) is 14.3 Å². The van der Waals surface area contributed by atoms with Crippen LogP contribution in [0.15, 0.2) is 60.5 Å². The summed E-state index contributed by atoms with van der Waals surface area (Å²) in [7, 11) is 0. The van der Waals surface area contributed by atoms with Crippen molar-refractivity contribution in [2.24, 2.45) is 0 Å². The molecule has 2 heterocycles. The van der Waals surface area contributed by atoms with E-state index in [1.54, 1.807) is 11.3 Å². The largest absolute Gasteiger partial charge is 0.392 e. The molecule has 4 aromatic rings. The Hall–Kier alpha value is -3.16. The summed E-state index contributed by atoms with van der Waals surface area (Å²) < 4.78 is 29.0. The normalized spacial score (nSPS) is 11.3. The van der Waals surface area contributed by atoms with Crippen molar-refractivity contribution in [1.29, 1.82) is 0 Å². The van der Waals surface area contributed by atoms with Gasteiger partial charge < -0.3 is 14.5 Å². The van der Waals surface area contributed by atoms with Gasteiger partial charge in [0.05, 0.1) is 18.8 Å². The maximum absolute atomic E-state index is 13.5. The van der Waals surface area contributed by atoms with E-state index in [0.29, 0.717) is 12.2 Å². The Morgan fingerprint density at radius 2 is 1.97 bits per heavy atom. The molecule has 0 radical (unpaired) electrons. The van der Waals surface area contributed by atoms with E-state index < -0.39 is 11.6 Å². The summed E-state index contributed by atoms with van der Waals surface area (Å²) >= 11 is 1.69. The van der Waals surface area contributed by atoms with Gasteiger partial charge in [-0.05, 0) is 47.2 Å². The lowest BCUT2D eigenvalue weighted by atomic mass is 10.0. The highest BCUT2D eigenvalue weighted by atomic mass is 32.1. The first kappa shape index (κ1) is 22.0. The molecule has 7 heteroatoms. The van der Waals surface area contributed by atoms with Crippen LogP contribution in [-0.2, 0) is 13.2 Å². The monoisotopic (exact) mass is 454 g/mol. The van der Waals surface area contributed by atoms with Crippen molar-refractivity contribution in [2.75, 3.05) is 0 Å². The van der Waals surface area contributed by atoms with Crippen LogP contribution in [0.2, 0.25) is 0 Å². The molecule has 0 saturated heterocycles. The third kappa shape index (κ3) is 4.26. The second-order valence-electron chi connectivity index (χ2n) is 7.85. The van der Waals surface area contributed by atoms with Gasteiger partial charge >= 0.3 is 0 Å². The van der Waals surface area contributed by atoms with E-state index in [1.807, 2.05) is 24.3 Å². The molecule has 0 spiro atoms. The molecule has 0 bridgehead atoms. The number of aliphatic hydroxyl groups is 1. The first-order valence-electron chi connectivity index (χ1n) is 10.2. The maximum atomic E-state index is 13.5. The van der Waals surface area contributed by atoms with Gasteiger partial charge in [0.15, 0.2) is 17.4 Å². The topological polar surface area (TPSA) is 46.4 Å². The lowest BCUT2D eigenvalue weighted by Gasteiger charge is -2.17. The average Bonchev–Trinajstić information content (AvgIpc) is 3.40. The van der Waals surface area contributed by atoms with Gasteiger partial charge in [-0.3, -0.25) is 0 Å². The summed E-state index contributed by atoms with van der Waals surface area (Å²) in [5, 5.41) is 12.7. The molecule has 2 N–H and O–H groups in total. The predicted molar refractivity (Wildman–Crippen MR) is 125 cm³/mol. The fraction of sp³-hybridized carbons (Fsp3) is 0.200. The van der Waals surface area contributed by atoms with Crippen LogP contribution in [0.1, 0.15) is 41.5 Å². The van der Waals surface area contributed by atoms with E-state index in [9.17, 15) is 13.9 Å². The molecule has 2 aromatic carbocycles. The number of hydrogen-bond donors (Lipinski definition) is 2. The molecule has 0 atom stereocenters. The van der Waals surface area contributed by atoms with Gasteiger partial charge in [-0.1, -0.05) is 32.6 Å². The summed E-state index contributed by atoms with van der Waals surface area (Å²) in [5.74, 6) is -1.63. The van der Waals surface area contributed by atoms with E-state index >= 15 is 0 Å². The molecule has 32 heavy (non-hydrogen) atoms. The molecule has 4 nitrogen and oxygen atoms in total. The number of thiophene rings is 1. The van der Waals surface area contributed by atoms with Crippen LogP contribution in [0.3, 0.4) is 0 Å². The minimum absolute atomic E-state index is 0.0756. The summed E-state index contributed by atoms with van der Waals surface area (Å²) in [6, 6.07) is 13.3. The zero-order valence-corrected chi connectivity index (χ0v) is 18.7. The molecule has 0 fully saturated rings. The Morgan fingerprint density at radius 3 is 2.62 bits per heavy atom. The van der Waals surface area contributed by atoms with Crippen molar-refractivity contribution in [2.45, 2.75) is 32.9 Å². The van der Waals surface area contributed by atoms with E-state index in [2.05, 4.69) is 41.9 Å². The van der Waals surface area contributed by atoms with E-state index in [1.165, 1.54) is 10.9 Å². The first-order valence-corrected chi connectivity index (χ1v) is 11.1. The zero-order valence-electron chi connectivity index (χ0n) is 17.9. The third-order valence-electron chi connectivity index (χ3n) is 5.28. The van der Waals surface area contributed by atoms with Crippen molar-refractivity contribution in [1.82, 2.24) is 10.0 Å². The summed E-state index contributed by atoms with van der Waals surface area (Å²) in [4.78, 5) is 6.72. The molecule has 2 aromatic heterocycles. The summed E-state index contributed by atoms with van der Waals surface area (Å²) in [6.07, 6.45) is 0. The number of rotatable bonds is 8. The van der Waals surface area contributed by atoms with Crippen LogP contribution in [0, 0.1) is 11.6 Å². The number of nitrogens with zero attached hydrogens (tertiary/aromatic N) is 1. The average molecular weight is 455 g/mol. The number of benzene rings is 2. The quantitative estimate of drug-likeness (QED) is 0.312. The lowest BCUT2D eigenvalue weighted by Crippen LogP contribution is -2.18. The molecule has 0 saturated carbocycles. The van der Waals surface area contributed by atoms with E-state index in [4.69, 9.17) is 4.84 Å². The van der Waals surface area contributed by atoms with Gasteiger partial charge in [0.2, 0.25) is 0 Å². The number of nitrogens with one attached hydrogen (secondary N) is 1. The molecular formula is C25H24F2N2O2S. The van der Waals surface area contributed by atoms with Crippen LogP contribution in [0.25, 0.3) is 16.6 Å². The molecule has 166 valence electrons. The number of hydrogen-bond acceptors (Lipinski definition) is 4. The van der Waals surface area contributed by atoms with Crippen LogP contribution in [0.5, 0.6) is 5.75 Å². The smallest absolute Gasteiger partial charge is 0.162 e. The van der Waals surface area contributed by atoms with Crippen molar-refractivity contribution in [3.05, 3.63) is 93.8 Å². The van der Waals surface area contributed by atoms with Crippen LogP contribution >= 0.6 is 11.3 Å². The van der Waals surface area contributed by atoms with Crippen molar-refractivity contribution >= 4 is 27.9 Å². The second-order valence-corrected chi connectivity index (χ2v) is 8.88. The third-order valence-corrected chi connectivity index (χ3v) is 6.14. The zero-order chi connectivity index (χ0) is 22.8. The van der Waals surface area contributed by atoms with E-state index in [0.717, 1.165) is 39.9 Å². The van der Waals surface area contributed by atoms with Gasteiger partial charge in [0.25, 0.3) is 0 Å². The number of fused-ring (bicyclic) bond motifs is 1. The van der Waals surface area contributed by atoms with Crippen molar-refractivity contribution in [3.63, 3.8) is 0 Å². The van der Waals surface area contributed by atoms with Crippen LogP contribution in [-0.4, -0.2) is 9.67 Å². The molecule has 0 aliphatic heterocycles. The Morgan fingerprint density at radius 1 is 1.16 bits per heavy atom. The maximum Gasteiger partial charge on any atom is 0.162 e. The Bertz CT molecular complexity index is 1260. The highest BCUT2D eigenvalue weighted by molar-refractivity contribution is 7.09. The predicted octanol–water partition coefficient (Wildman–Crippen LogP) is 6.20. The summed E-state index contributed by atoms with van der Waals surface area (Å²) in [5.41, 5.74) is 7.03.